The van der Waals surface area contributed by atoms with E-state index in [4.69, 9.17) is 5.11 Å². The standard InChI is InChI=1S/C19H18FNO3/c20-16-6-4-13(5-7-16)12-19(8-9-19)21-17(22)11-14-2-1-3-15(10-14)18(23)24/h1-7,10H,8-9,11-12H2,(H,21,22)(H,23,24). The van der Waals surface area contributed by atoms with Crippen LogP contribution in [0.25, 0.3) is 0 Å². The molecule has 1 saturated carbocycles. The summed E-state index contributed by atoms with van der Waals surface area (Å²) in [7, 11) is 0. The van der Waals surface area contributed by atoms with E-state index in [-0.39, 0.29) is 29.2 Å². The van der Waals surface area contributed by atoms with Crippen molar-refractivity contribution in [3.8, 4) is 0 Å². The molecular formula is C19H18FNO3. The van der Waals surface area contributed by atoms with Crippen molar-refractivity contribution >= 4 is 11.9 Å². The minimum absolute atomic E-state index is 0.128. The highest BCUT2D eigenvalue weighted by atomic mass is 19.1. The van der Waals surface area contributed by atoms with E-state index in [1.165, 1.54) is 24.3 Å². The molecule has 5 heteroatoms. The molecular weight excluding hydrogens is 309 g/mol. The summed E-state index contributed by atoms with van der Waals surface area (Å²) in [6.45, 7) is 0. The summed E-state index contributed by atoms with van der Waals surface area (Å²) in [6.07, 6.45) is 2.61. The van der Waals surface area contributed by atoms with Gasteiger partial charge < -0.3 is 10.4 Å². The van der Waals surface area contributed by atoms with E-state index in [1.54, 1.807) is 24.3 Å². The van der Waals surface area contributed by atoms with Crippen molar-refractivity contribution in [1.29, 1.82) is 0 Å². The molecule has 0 bridgehead atoms. The molecule has 0 unspecified atom stereocenters. The summed E-state index contributed by atoms with van der Waals surface area (Å²) >= 11 is 0. The maximum atomic E-state index is 13.0. The van der Waals surface area contributed by atoms with Crippen LogP contribution in [0.4, 0.5) is 4.39 Å². The molecule has 0 spiro atoms. The molecule has 0 aromatic heterocycles. The molecule has 0 radical (unpaired) electrons. The average molecular weight is 327 g/mol. The van der Waals surface area contributed by atoms with Crippen molar-refractivity contribution in [2.45, 2.75) is 31.2 Å². The first-order valence-electron chi connectivity index (χ1n) is 7.83. The van der Waals surface area contributed by atoms with Gasteiger partial charge in [0.15, 0.2) is 0 Å². The van der Waals surface area contributed by atoms with Gasteiger partial charge in [-0.3, -0.25) is 4.79 Å². The highest BCUT2D eigenvalue weighted by Gasteiger charge is 2.43. The Kier molecular flexibility index (Phi) is 4.34. The number of carbonyl (C=O) groups is 2. The molecule has 0 aliphatic heterocycles. The minimum atomic E-state index is -1.01. The number of aromatic carboxylic acids is 1. The van der Waals surface area contributed by atoms with Gasteiger partial charge in [0.25, 0.3) is 0 Å². The summed E-state index contributed by atoms with van der Waals surface area (Å²) in [5.41, 5.74) is 1.58. The highest BCUT2D eigenvalue weighted by molar-refractivity contribution is 5.88. The van der Waals surface area contributed by atoms with Gasteiger partial charge in [0.1, 0.15) is 5.82 Å². The van der Waals surface area contributed by atoms with Gasteiger partial charge in [-0.1, -0.05) is 24.3 Å². The Morgan fingerprint density at radius 3 is 2.42 bits per heavy atom. The number of hydrogen-bond acceptors (Lipinski definition) is 2. The maximum Gasteiger partial charge on any atom is 0.335 e. The topological polar surface area (TPSA) is 66.4 Å². The average Bonchev–Trinajstić information content (AvgIpc) is 3.29. The lowest BCUT2D eigenvalue weighted by atomic mass is 10.0. The van der Waals surface area contributed by atoms with Crippen LogP contribution in [0.2, 0.25) is 0 Å². The minimum Gasteiger partial charge on any atom is -0.478 e. The van der Waals surface area contributed by atoms with Crippen molar-refractivity contribution in [2.75, 3.05) is 0 Å². The number of carbonyl (C=O) groups excluding carboxylic acids is 1. The Labute approximate surface area is 139 Å². The largest absolute Gasteiger partial charge is 0.478 e. The van der Waals surface area contributed by atoms with Crippen LogP contribution >= 0.6 is 0 Å². The monoisotopic (exact) mass is 327 g/mol. The summed E-state index contributed by atoms with van der Waals surface area (Å²) in [6, 6.07) is 12.7. The Bertz CT molecular complexity index is 766. The molecule has 1 fully saturated rings. The van der Waals surface area contributed by atoms with E-state index < -0.39 is 5.97 Å². The number of amides is 1. The molecule has 1 amide bonds. The van der Waals surface area contributed by atoms with Crippen molar-refractivity contribution in [2.24, 2.45) is 0 Å². The SMILES string of the molecule is O=C(Cc1cccc(C(=O)O)c1)NC1(Cc2ccc(F)cc2)CC1. The molecule has 3 rings (SSSR count). The second kappa shape index (κ2) is 6.43. The molecule has 2 aromatic rings. The van der Waals surface area contributed by atoms with Crippen LogP contribution in [0.1, 0.15) is 34.3 Å². The lowest BCUT2D eigenvalue weighted by molar-refractivity contribution is -0.121. The summed E-state index contributed by atoms with van der Waals surface area (Å²) in [5.74, 6) is -1.41. The van der Waals surface area contributed by atoms with Gasteiger partial charge in [0.2, 0.25) is 5.91 Å². The summed E-state index contributed by atoms with van der Waals surface area (Å²) < 4.78 is 13.0. The molecule has 0 atom stereocenters. The number of nitrogens with one attached hydrogen (secondary N) is 1. The molecule has 1 aliphatic carbocycles. The lowest BCUT2D eigenvalue weighted by Crippen LogP contribution is -2.39. The molecule has 24 heavy (non-hydrogen) atoms. The number of rotatable bonds is 6. The zero-order valence-corrected chi connectivity index (χ0v) is 13.1. The number of halogens is 1. The second-order valence-electron chi connectivity index (χ2n) is 6.31. The molecule has 2 N–H and O–H groups in total. The van der Waals surface area contributed by atoms with Gasteiger partial charge in [-0.05, 0) is 54.7 Å². The third-order valence-corrected chi connectivity index (χ3v) is 4.25. The molecule has 4 nitrogen and oxygen atoms in total. The predicted octanol–water partition coefficient (Wildman–Crippen LogP) is 2.96. The van der Waals surface area contributed by atoms with E-state index in [2.05, 4.69) is 5.32 Å². The fourth-order valence-corrected chi connectivity index (χ4v) is 2.83. The molecule has 124 valence electrons. The second-order valence-corrected chi connectivity index (χ2v) is 6.31. The Morgan fingerprint density at radius 2 is 1.79 bits per heavy atom. The smallest absolute Gasteiger partial charge is 0.335 e. The normalized spacial score (nSPS) is 14.9. The molecule has 0 saturated heterocycles. The summed E-state index contributed by atoms with van der Waals surface area (Å²) in [5, 5.41) is 12.0. The van der Waals surface area contributed by atoms with Crippen molar-refractivity contribution < 1.29 is 19.1 Å². The Balaban J connectivity index is 1.61. The van der Waals surface area contributed by atoms with Crippen molar-refractivity contribution in [3.63, 3.8) is 0 Å². The highest BCUT2D eigenvalue weighted by Crippen LogP contribution is 2.38. The number of hydrogen-bond donors (Lipinski definition) is 2. The Morgan fingerprint density at radius 1 is 1.08 bits per heavy atom. The van der Waals surface area contributed by atoms with Crippen molar-refractivity contribution in [1.82, 2.24) is 5.32 Å². The van der Waals surface area contributed by atoms with Crippen molar-refractivity contribution in [3.05, 3.63) is 71.0 Å². The van der Waals surface area contributed by atoms with E-state index in [1.807, 2.05) is 0 Å². The number of carboxylic acids is 1. The zero-order chi connectivity index (χ0) is 17.2. The van der Waals surface area contributed by atoms with Gasteiger partial charge in [-0.2, -0.15) is 0 Å². The first-order chi connectivity index (χ1) is 11.5. The fraction of sp³-hybridized carbons (Fsp3) is 0.263. The fourth-order valence-electron chi connectivity index (χ4n) is 2.83. The third kappa shape index (κ3) is 3.98. The third-order valence-electron chi connectivity index (χ3n) is 4.25. The number of carboxylic acid groups (broad SMARTS) is 1. The lowest BCUT2D eigenvalue weighted by Gasteiger charge is -2.18. The van der Waals surface area contributed by atoms with Crippen LogP contribution in [-0.2, 0) is 17.6 Å². The van der Waals surface area contributed by atoms with Crippen LogP contribution in [0.5, 0.6) is 0 Å². The Hall–Kier alpha value is -2.69. The van der Waals surface area contributed by atoms with Crippen LogP contribution < -0.4 is 5.32 Å². The predicted molar refractivity (Wildman–Crippen MR) is 87.3 cm³/mol. The molecule has 0 heterocycles. The van der Waals surface area contributed by atoms with E-state index in [0.717, 1.165) is 18.4 Å². The van der Waals surface area contributed by atoms with Gasteiger partial charge >= 0.3 is 5.97 Å². The van der Waals surface area contributed by atoms with Gasteiger partial charge in [-0.25, -0.2) is 9.18 Å². The van der Waals surface area contributed by atoms with Crippen LogP contribution in [0.3, 0.4) is 0 Å². The van der Waals surface area contributed by atoms with Gasteiger partial charge in [-0.15, -0.1) is 0 Å². The van der Waals surface area contributed by atoms with E-state index in [9.17, 15) is 14.0 Å². The number of benzene rings is 2. The van der Waals surface area contributed by atoms with E-state index >= 15 is 0 Å². The van der Waals surface area contributed by atoms with E-state index in [0.29, 0.717) is 12.0 Å². The maximum absolute atomic E-state index is 13.0. The molecule has 2 aromatic carbocycles. The van der Waals surface area contributed by atoms with Crippen LogP contribution in [0.15, 0.2) is 48.5 Å². The van der Waals surface area contributed by atoms with Gasteiger partial charge in [0.05, 0.1) is 12.0 Å². The zero-order valence-electron chi connectivity index (χ0n) is 13.1. The first-order valence-corrected chi connectivity index (χ1v) is 7.83. The summed E-state index contributed by atoms with van der Waals surface area (Å²) in [4.78, 5) is 23.3. The quantitative estimate of drug-likeness (QED) is 0.857. The molecule has 1 aliphatic rings. The first kappa shape index (κ1) is 16.2. The van der Waals surface area contributed by atoms with Gasteiger partial charge in [0, 0.05) is 5.54 Å². The van der Waals surface area contributed by atoms with Crippen LogP contribution in [0, 0.1) is 5.82 Å². The van der Waals surface area contributed by atoms with Crippen LogP contribution in [-0.4, -0.2) is 22.5 Å².